The first kappa shape index (κ1) is 11.8. The van der Waals surface area contributed by atoms with Gasteiger partial charge in [-0.2, -0.15) is 22.2 Å². The van der Waals surface area contributed by atoms with E-state index in [0.717, 1.165) is 10.8 Å². The molecule has 0 saturated carbocycles. The van der Waals surface area contributed by atoms with Crippen molar-refractivity contribution in [2.24, 2.45) is 0 Å². The maximum absolute atomic E-state index is 5.99. The Labute approximate surface area is 104 Å². The van der Waals surface area contributed by atoms with Crippen LogP contribution in [0.15, 0.2) is 30.3 Å². The summed E-state index contributed by atoms with van der Waals surface area (Å²) in [6, 6.07) is 10.4. The molecule has 0 amide bonds. The fourth-order valence-electron chi connectivity index (χ4n) is 1.13. The predicted molar refractivity (Wildman–Crippen MR) is 71.6 cm³/mol. The van der Waals surface area contributed by atoms with Gasteiger partial charge in [0, 0.05) is 4.43 Å². The quantitative estimate of drug-likeness (QED) is 0.338. The van der Waals surface area contributed by atoms with Crippen molar-refractivity contribution in [2.75, 3.05) is 4.43 Å². The number of halogens is 3. The van der Waals surface area contributed by atoms with E-state index < -0.39 is 7.42 Å². The molecule has 1 rings (SSSR count). The second kappa shape index (κ2) is 6.27. The maximum Gasteiger partial charge on any atom is 0.241 e. The number of hydrogen-bond donors (Lipinski definition) is 0. The topological polar surface area (TPSA) is 0 Å². The maximum atomic E-state index is 5.99. The molecule has 0 spiro atoms. The molecule has 13 heavy (non-hydrogen) atoms. The summed E-state index contributed by atoms with van der Waals surface area (Å²) >= 11 is 14.3. The van der Waals surface area contributed by atoms with Crippen molar-refractivity contribution in [1.29, 1.82) is 0 Å². The lowest BCUT2D eigenvalue weighted by atomic mass is 10.1. The molecule has 0 radical (unpaired) electrons. The summed E-state index contributed by atoms with van der Waals surface area (Å²) in [6.07, 6.45) is 1.02. The molecule has 1 atom stereocenters. The first-order valence-electron chi connectivity index (χ1n) is 4.12. The van der Waals surface area contributed by atoms with Gasteiger partial charge in [-0.1, -0.05) is 52.9 Å². The molecular formula is C9H11Cl2ISi. The normalized spacial score (nSPS) is 13.2. The smallest absolute Gasteiger partial charge is 0.150 e. The Balaban J connectivity index is 2.57. The second-order valence-corrected chi connectivity index (χ2v) is 8.92. The van der Waals surface area contributed by atoms with Gasteiger partial charge in [-0.3, -0.25) is 0 Å². The summed E-state index contributed by atoms with van der Waals surface area (Å²) in [5.41, 5.74) is 1.83. The number of rotatable bonds is 4. The highest BCUT2D eigenvalue weighted by Crippen LogP contribution is 2.24. The monoisotopic (exact) mass is 344 g/mol. The van der Waals surface area contributed by atoms with Crippen LogP contribution in [-0.2, 0) is 6.42 Å². The fraction of sp³-hybridized carbons (Fsp3) is 0.333. The van der Waals surface area contributed by atoms with Gasteiger partial charge in [0.2, 0.25) is 7.42 Å². The third-order valence-electron chi connectivity index (χ3n) is 1.90. The molecule has 1 aromatic carbocycles. The summed E-state index contributed by atoms with van der Waals surface area (Å²) in [4.78, 5) is 0. The van der Waals surface area contributed by atoms with Crippen molar-refractivity contribution in [1.82, 2.24) is 0 Å². The van der Waals surface area contributed by atoms with Crippen LogP contribution in [0.5, 0.6) is 0 Å². The highest BCUT2D eigenvalue weighted by Gasteiger charge is 2.17. The Morgan fingerprint density at radius 1 is 1.23 bits per heavy atom. The minimum Gasteiger partial charge on any atom is -0.150 e. The minimum absolute atomic E-state index is 0.492. The van der Waals surface area contributed by atoms with Gasteiger partial charge in [0.15, 0.2) is 0 Å². The molecule has 0 aliphatic rings. The average molecular weight is 345 g/mol. The van der Waals surface area contributed by atoms with Crippen LogP contribution in [0.1, 0.15) is 5.56 Å². The van der Waals surface area contributed by atoms with E-state index in [4.69, 9.17) is 22.2 Å². The largest absolute Gasteiger partial charge is 0.241 e. The van der Waals surface area contributed by atoms with Crippen molar-refractivity contribution in [2.45, 2.75) is 12.0 Å². The molecule has 0 bridgehead atoms. The second-order valence-electron chi connectivity index (χ2n) is 2.94. The van der Waals surface area contributed by atoms with Crippen LogP contribution in [0.3, 0.4) is 0 Å². The average Bonchev–Trinajstić information content (AvgIpc) is 2.15. The van der Waals surface area contributed by atoms with Gasteiger partial charge < -0.3 is 0 Å². The molecular weight excluding hydrogens is 334 g/mol. The summed E-state index contributed by atoms with van der Waals surface area (Å²) < 4.78 is 1.05. The highest BCUT2D eigenvalue weighted by molar-refractivity contribution is 14.1. The van der Waals surface area contributed by atoms with E-state index >= 15 is 0 Å². The molecule has 0 aliphatic heterocycles. The van der Waals surface area contributed by atoms with E-state index in [1.807, 2.05) is 6.07 Å². The SMILES string of the molecule is Cl[SiH](Cl)C(CI)Cc1ccccc1. The van der Waals surface area contributed by atoms with Crippen molar-refractivity contribution < 1.29 is 0 Å². The zero-order valence-corrected chi connectivity index (χ0v) is 11.9. The zero-order chi connectivity index (χ0) is 9.68. The third kappa shape index (κ3) is 4.19. The highest BCUT2D eigenvalue weighted by atomic mass is 127. The van der Waals surface area contributed by atoms with E-state index in [-0.39, 0.29) is 0 Å². The van der Waals surface area contributed by atoms with Crippen molar-refractivity contribution in [3.05, 3.63) is 35.9 Å². The van der Waals surface area contributed by atoms with Gasteiger partial charge in [0.05, 0.1) is 0 Å². The molecule has 0 nitrogen and oxygen atoms in total. The molecule has 0 fully saturated rings. The van der Waals surface area contributed by atoms with E-state index in [2.05, 4.69) is 46.9 Å². The standard InChI is InChI=1S/C9H11Cl2ISi/c10-13(11)9(7-12)6-8-4-2-1-3-5-8/h1-5,9,13H,6-7H2. The summed E-state index contributed by atoms with van der Waals surface area (Å²) in [6.45, 7) is 0. The van der Waals surface area contributed by atoms with Crippen molar-refractivity contribution in [3.8, 4) is 0 Å². The Morgan fingerprint density at radius 2 is 1.85 bits per heavy atom. The lowest BCUT2D eigenvalue weighted by Gasteiger charge is -2.13. The summed E-state index contributed by atoms with van der Waals surface area (Å²) in [5, 5.41) is 0. The molecule has 0 heterocycles. The van der Waals surface area contributed by atoms with Crippen LogP contribution in [0.25, 0.3) is 0 Å². The Bertz CT molecular complexity index is 241. The molecule has 72 valence electrons. The van der Waals surface area contributed by atoms with Crippen molar-refractivity contribution >= 4 is 52.2 Å². The van der Waals surface area contributed by atoms with Gasteiger partial charge in [0.1, 0.15) is 0 Å². The first-order chi connectivity index (χ1) is 6.24. The lowest BCUT2D eigenvalue weighted by Crippen LogP contribution is -2.11. The van der Waals surface area contributed by atoms with E-state index in [9.17, 15) is 0 Å². The first-order valence-corrected chi connectivity index (χ1v) is 9.80. The predicted octanol–water partition coefficient (Wildman–Crippen LogP) is 3.73. The molecule has 0 saturated heterocycles. The Hall–Kier alpha value is 0.747. The molecule has 1 aromatic rings. The number of hydrogen-bond acceptors (Lipinski definition) is 0. The van der Waals surface area contributed by atoms with Gasteiger partial charge in [-0.15, -0.1) is 0 Å². The molecule has 4 heteroatoms. The third-order valence-corrected chi connectivity index (χ3v) is 7.31. The van der Waals surface area contributed by atoms with Crippen LogP contribution < -0.4 is 0 Å². The van der Waals surface area contributed by atoms with E-state index in [1.165, 1.54) is 5.56 Å². The summed E-state index contributed by atoms with van der Waals surface area (Å²) in [7, 11) is -1.52. The van der Waals surface area contributed by atoms with Gasteiger partial charge in [0.25, 0.3) is 0 Å². The molecule has 0 N–H and O–H groups in total. The zero-order valence-electron chi connectivity index (χ0n) is 7.09. The van der Waals surface area contributed by atoms with Crippen LogP contribution in [-0.4, -0.2) is 11.8 Å². The van der Waals surface area contributed by atoms with Crippen LogP contribution in [0.4, 0.5) is 0 Å². The lowest BCUT2D eigenvalue weighted by molar-refractivity contribution is 0.932. The molecule has 0 aromatic heterocycles. The number of alkyl halides is 1. The van der Waals surface area contributed by atoms with Gasteiger partial charge in [-0.25, -0.2) is 0 Å². The molecule has 1 unspecified atom stereocenters. The molecule has 0 aliphatic carbocycles. The summed E-state index contributed by atoms with van der Waals surface area (Å²) in [5.74, 6) is 0. The minimum atomic E-state index is -1.52. The van der Waals surface area contributed by atoms with E-state index in [1.54, 1.807) is 0 Å². The van der Waals surface area contributed by atoms with Crippen LogP contribution in [0, 0.1) is 0 Å². The van der Waals surface area contributed by atoms with E-state index in [0.29, 0.717) is 5.54 Å². The Kier molecular flexibility index (Phi) is 5.70. The number of benzene rings is 1. The van der Waals surface area contributed by atoms with Crippen LogP contribution in [0.2, 0.25) is 5.54 Å². The Morgan fingerprint density at radius 3 is 2.31 bits per heavy atom. The van der Waals surface area contributed by atoms with Crippen LogP contribution >= 0.6 is 44.7 Å². The fourth-order valence-corrected chi connectivity index (χ4v) is 6.42. The van der Waals surface area contributed by atoms with Gasteiger partial charge >= 0.3 is 0 Å². The van der Waals surface area contributed by atoms with Gasteiger partial charge in [-0.05, 0) is 17.5 Å². The van der Waals surface area contributed by atoms with Crippen molar-refractivity contribution in [3.63, 3.8) is 0 Å².